The molecule has 21 heavy (non-hydrogen) atoms. The lowest BCUT2D eigenvalue weighted by molar-refractivity contribution is -0.116. The monoisotopic (exact) mass is 402 g/mol. The summed E-state index contributed by atoms with van der Waals surface area (Å²) in [6.45, 7) is 1.45. The van der Waals surface area contributed by atoms with Crippen molar-refractivity contribution >= 4 is 39.9 Å². The second-order valence-corrected chi connectivity index (χ2v) is 5.44. The molecule has 0 spiro atoms. The van der Waals surface area contributed by atoms with Gasteiger partial charge >= 0.3 is 0 Å². The fourth-order valence-electron chi connectivity index (χ4n) is 1.64. The first-order valence-electron chi connectivity index (χ1n) is 5.95. The maximum atomic E-state index is 13.5. The van der Waals surface area contributed by atoms with Gasteiger partial charge in [0.2, 0.25) is 5.91 Å². The lowest BCUT2D eigenvalue weighted by Crippen LogP contribution is -2.30. The first kappa shape index (κ1) is 15.4. The fraction of sp³-hybridized carbons (Fsp3) is 0.154. The van der Waals surface area contributed by atoms with Crippen LogP contribution in [0.5, 0.6) is 0 Å². The summed E-state index contributed by atoms with van der Waals surface area (Å²) in [6, 6.07) is 3.86. The van der Waals surface area contributed by atoms with Gasteiger partial charge in [-0.1, -0.05) is 0 Å². The Bertz CT molecular complexity index is 760. The maximum Gasteiger partial charge on any atom is 0.267 e. The Morgan fingerprint density at radius 3 is 2.95 bits per heavy atom. The number of anilines is 2. The standard InChI is InChI=1S/C13H12FIN4O2/c1-7-12(15)13(21)19(6-17-7)5-11(20)18-10-4-8(16)2-3-9(10)14/h2-4,6H,5,16H2,1H3,(H,18,20). The van der Waals surface area contributed by atoms with Crippen LogP contribution in [0.3, 0.4) is 0 Å². The molecule has 2 rings (SSSR count). The quantitative estimate of drug-likeness (QED) is 0.602. The Morgan fingerprint density at radius 1 is 1.52 bits per heavy atom. The molecule has 1 heterocycles. The van der Waals surface area contributed by atoms with E-state index in [1.54, 1.807) is 6.92 Å². The Kier molecular flexibility index (Phi) is 4.56. The number of benzene rings is 1. The van der Waals surface area contributed by atoms with Crippen molar-refractivity contribution < 1.29 is 9.18 Å². The van der Waals surface area contributed by atoms with Gasteiger partial charge in [0.05, 0.1) is 21.3 Å². The van der Waals surface area contributed by atoms with Crippen LogP contribution in [0.4, 0.5) is 15.8 Å². The molecule has 0 saturated heterocycles. The number of nitrogens with two attached hydrogens (primary N) is 1. The SMILES string of the molecule is Cc1ncn(CC(=O)Nc2cc(N)ccc2F)c(=O)c1I. The zero-order chi connectivity index (χ0) is 15.6. The van der Waals surface area contributed by atoms with E-state index in [2.05, 4.69) is 10.3 Å². The van der Waals surface area contributed by atoms with Gasteiger partial charge in [0.25, 0.3) is 5.56 Å². The lowest BCUT2D eigenvalue weighted by Gasteiger charge is -2.09. The number of halogens is 2. The van der Waals surface area contributed by atoms with Gasteiger partial charge < -0.3 is 11.1 Å². The average Bonchev–Trinajstić information content (AvgIpc) is 2.43. The van der Waals surface area contributed by atoms with Crippen molar-refractivity contribution in [3.05, 3.63) is 50.0 Å². The number of rotatable bonds is 3. The van der Waals surface area contributed by atoms with Crippen LogP contribution in [0.1, 0.15) is 5.69 Å². The van der Waals surface area contributed by atoms with Crippen molar-refractivity contribution in [2.24, 2.45) is 0 Å². The molecule has 0 bridgehead atoms. The van der Waals surface area contributed by atoms with Gasteiger partial charge in [-0.15, -0.1) is 0 Å². The second-order valence-electron chi connectivity index (χ2n) is 4.36. The lowest BCUT2D eigenvalue weighted by atomic mass is 10.2. The first-order chi connectivity index (χ1) is 9.88. The summed E-state index contributed by atoms with van der Waals surface area (Å²) in [5.41, 5.74) is 6.12. The molecule has 1 amide bonds. The number of amides is 1. The molecule has 0 fully saturated rings. The van der Waals surface area contributed by atoms with Crippen molar-refractivity contribution in [1.29, 1.82) is 0 Å². The zero-order valence-corrected chi connectivity index (χ0v) is 13.2. The van der Waals surface area contributed by atoms with Crippen molar-refractivity contribution in [3.63, 3.8) is 0 Å². The summed E-state index contributed by atoms with van der Waals surface area (Å²) in [5, 5.41) is 2.38. The molecule has 8 heteroatoms. The topological polar surface area (TPSA) is 90.0 Å². The van der Waals surface area contributed by atoms with Crippen molar-refractivity contribution in [1.82, 2.24) is 9.55 Å². The minimum absolute atomic E-state index is 0.0252. The van der Waals surface area contributed by atoms with Crippen LogP contribution in [0.2, 0.25) is 0 Å². The summed E-state index contributed by atoms with van der Waals surface area (Å²) in [5.74, 6) is -1.13. The molecule has 0 atom stereocenters. The van der Waals surface area contributed by atoms with Gasteiger partial charge in [-0.3, -0.25) is 14.2 Å². The van der Waals surface area contributed by atoms with Crippen LogP contribution in [-0.2, 0) is 11.3 Å². The molecule has 3 N–H and O–H groups in total. The van der Waals surface area contributed by atoms with Gasteiger partial charge in [-0.25, -0.2) is 9.37 Å². The highest BCUT2D eigenvalue weighted by Crippen LogP contribution is 2.17. The molecule has 6 nitrogen and oxygen atoms in total. The third-order valence-corrected chi connectivity index (χ3v) is 3.98. The summed E-state index contributed by atoms with van der Waals surface area (Å²) in [6.07, 6.45) is 1.29. The van der Waals surface area contributed by atoms with Gasteiger partial charge in [0, 0.05) is 5.69 Å². The average molecular weight is 402 g/mol. The van der Waals surface area contributed by atoms with Gasteiger partial charge in [-0.2, -0.15) is 0 Å². The Hall–Kier alpha value is -1.97. The molecule has 1 aromatic carbocycles. The summed E-state index contributed by atoms with van der Waals surface area (Å²) in [7, 11) is 0. The van der Waals surface area contributed by atoms with Crippen LogP contribution >= 0.6 is 22.6 Å². The van der Waals surface area contributed by atoms with E-state index < -0.39 is 11.7 Å². The highest BCUT2D eigenvalue weighted by molar-refractivity contribution is 14.1. The molecular formula is C13H12FIN4O2. The second kappa shape index (κ2) is 6.20. The number of nitrogen functional groups attached to an aromatic ring is 1. The van der Waals surface area contributed by atoms with Gasteiger partial charge in [0.15, 0.2) is 0 Å². The number of hydrogen-bond donors (Lipinski definition) is 2. The van der Waals surface area contributed by atoms with Crippen molar-refractivity contribution in [2.75, 3.05) is 11.1 Å². The fourth-order valence-corrected chi connectivity index (χ4v) is 2.09. The summed E-state index contributed by atoms with van der Waals surface area (Å²) < 4.78 is 15.1. The smallest absolute Gasteiger partial charge is 0.267 e. The molecule has 0 saturated carbocycles. The van der Waals surface area contributed by atoms with Crippen molar-refractivity contribution in [2.45, 2.75) is 13.5 Å². The van der Waals surface area contributed by atoms with E-state index in [9.17, 15) is 14.0 Å². The number of aromatic nitrogens is 2. The van der Waals surface area contributed by atoms with E-state index in [1.807, 2.05) is 22.6 Å². The molecule has 0 aliphatic rings. The van der Waals surface area contributed by atoms with Crippen LogP contribution in [0.25, 0.3) is 0 Å². The normalized spacial score (nSPS) is 10.4. The molecule has 0 aliphatic heterocycles. The minimum atomic E-state index is -0.596. The van der Waals surface area contributed by atoms with Crippen molar-refractivity contribution in [3.8, 4) is 0 Å². The highest BCUT2D eigenvalue weighted by Gasteiger charge is 2.11. The highest BCUT2D eigenvalue weighted by atomic mass is 127. The van der Waals surface area contributed by atoms with Crippen LogP contribution < -0.4 is 16.6 Å². The first-order valence-corrected chi connectivity index (χ1v) is 7.03. The predicted molar refractivity (Wildman–Crippen MR) is 85.4 cm³/mol. The number of hydrogen-bond acceptors (Lipinski definition) is 4. The van der Waals surface area contributed by atoms with Crippen LogP contribution in [0, 0.1) is 16.3 Å². The largest absolute Gasteiger partial charge is 0.399 e. The number of nitrogens with zero attached hydrogens (tertiary/aromatic N) is 2. The Morgan fingerprint density at radius 2 is 2.24 bits per heavy atom. The zero-order valence-electron chi connectivity index (χ0n) is 11.1. The summed E-state index contributed by atoms with van der Waals surface area (Å²) >= 11 is 1.87. The van der Waals surface area contributed by atoms with Crippen LogP contribution in [0.15, 0.2) is 29.3 Å². The minimum Gasteiger partial charge on any atom is -0.399 e. The van der Waals surface area contributed by atoms with Gasteiger partial charge in [0.1, 0.15) is 12.4 Å². The Balaban J connectivity index is 2.18. The molecule has 0 radical (unpaired) electrons. The van der Waals surface area contributed by atoms with Crippen LogP contribution in [-0.4, -0.2) is 15.5 Å². The number of nitrogens with one attached hydrogen (secondary N) is 1. The Labute approximate surface area is 133 Å². The molecule has 110 valence electrons. The van der Waals surface area contributed by atoms with Gasteiger partial charge in [-0.05, 0) is 47.7 Å². The molecule has 0 unspecified atom stereocenters. The predicted octanol–water partition coefficient (Wildman–Crippen LogP) is 1.52. The van der Waals surface area contributed by atoms with E-state index in [1.165, 1.54) is 18.5 Å². The molecule has 2 aromatic rings. The number of carbonyl (C=O) groups excluding carboxylic acids is 1. The summed E-state index contributed by atoms with van der Waals surface area (Å²) in [4.78, 5) is 27.8. The maximum absolute atomic E-state index is 13.5. The van der Waals surface area contributed by atoms with E-state index in [0.29, 0.717) is 15.0 Å². The van der Waals surface area contributed by atoms with E-state index in [-0.39, 0.29) is 17.8 Å². The van der Waals surface area contributed by atoms with E-state index >= 15 is 0 Å². The van der Waals surface area contributed by atoms with E-state index in [4.69, 9.17) is 5.73 Å². The molecule has 0 aliphatic carbocycles. The molecule has 1 aromatic heterocycles. The number of carbonyl (C=O) groups is 1. The van der Waals surface area contributed by atoms with E-state index in [0.717, 1.165) is 10.6 Å². The third-order valence-electron chi connectivity index (χ3n) is 2.74. The molecular weight excluding hydrogens is 390 g/mol. The number of aryl methyl sites for hydroxylation is 1. The third kappa shape index (κ3) is 3.57.